The lowest BCUT2D eigenvalue weighted by atomic mass is 10.1. The Morgan fingerprint density at radius 3 is 2.67 bits per heavy atom. The van der Waals surface area contributed by atoms with Crippen LogP contribution in [-0.2, 0) is 11.2 Å². The minimum atomic E-state index is -0.208. The van der Waals surface area contributed by atoms with Gasteiger partial charge in [0.15, 0.2) is 0 Å². The lowest BCUT2D eigenvalue weighted by Gasteiger charge is -2.06. The van der Waals surface area contributed by atoms with Crippen LogP contribution in [0.1, 0.15) is 19.4 Å². The number of hydrogen-bond donors (Lipinski definition) is 1. The molecule has 6 nitrogen and oxygen atoms in total. The van der Waals surface area contributed by atoms with Crippen LogP contribution < -0.4 is 10.1 Å². The lowest BCUT2D eigenvalue weighted by Crippen LogP contribution is -2.14. The first-order valence-electron chi connectivity index (χ1n) is 8.57. The second-order valence-corrected chi connectivity index (χ2v) is 7.83. The van der Waals surface area contributed by atoms with Gasteiger partial charge in [-0.25, -0.2) is 0 Å². The van der Waals surface area contributed by atoms with E-state index < -0.39 is 0 Å². The molecular weight excluding hydrogens is 362 g/mol. The monoisotopic (exact) mass is 383 g/mol. The van der Waals surface area contributed by atoms with Crippen molar-refractivity contribution < 1.29 is 13.9 Å². The summed E-state index contributed by atoms with van der Waals surface area (Å²) in [7, 11) is 1.59. The maximum atomic E-state index is 12.2. The predicted molar refractivity (Wildman–Crippen MR) is 106 cm³/mol. The summed E-state index contributed by atoms with van der Waals surface area (Å²) in [6, 6.07) is 15.3. The Labute approximate surface area is 162 Å². The largest absolute Gasteiger partial charge is 0.497 e. The van der Waals surface area contributed by atoms with Crippen LogP contribution in [0.15, 0.2) is 57.8 Å². The van der Waals surface area contributed by atoms with Crippen molar-refractivity contribution in [3.8, 4) is 17.2 Å². The molecule has 3 aromatic rings. The van der Waals surface area contributed by atoms with Gasteiger partial charge in [-0.3, -0.25) is 10.1 Å². The molecule has 140 valence electrons. The van der Waals surface area contributed by atoms with E-state index in [9.17, 15) is 4.79 Å². The molecule has 3 rings (SSSR count). The number of carbonyl (C=O) groups is 1. The normalized spacial score (nSPS) is 10.8. The Kier molecular flexibility index (Phi) is 6.13. The van der Waals surface area contributed by atoms with E-state index in [4.69, 9.17) is 9.15 Å². The smallest absolute Gasteiger partial charge is 0.322 e. The molecule has 7 heteroatoms. The number of ether oxygens (including phenoxy) is 1. The average Bonchev–Trinajstić information content (AvgIpc) is 3.11. The van der Waals surface area contributed by atoms with Crippen LogP contribution >= 0.6 is 11.8 Å². The maximum absolute atomic E-state index is 12.2. The van der Waals surface area contributed by atoms with Crippen LogP contribution in [0.4, 0.5) is 6.01 Å². The number of carbonyl (C=O) groups excluding carboxylic acids is 1. The van der Waals surface area contributed by atoms with Crippen molar-refractivity contribution >= 4 is 23.7 Å². The van der Waals surface area contributed by atoms with Crippen molar-refractivity contribution in [1.82, 2.24) is 10.2 Å². The van der Waals surface area contributed by atoms with Crippen LogP contribution in [0.2, 0.25) is 0 Å². The fraction of sp³-hybridized carbons (Fsp3) is 0.250. The third-order valence-electron chi connectivity index (χ3n) is 3.65. The summed E-state index contributed by atoms with van der Waals surface area (Å²) < 4.78 is 10.7. The van der Waals surface area contributed by atoms with Crippen LogP contribution in [-0.4, -0.2) is 28.5 Å². The molecule has 1 amide bonds. The van der Waals surface area contributed by atoms with Gasteiger partial charge in [0.05, 0.1) is 13.5 Å². The number of thioether (sulfide) groups is 1. The first-order chi connectivity index (χ1) is 13.0. The van der Waals surface area contributed by atoms with Crippen LogP contribution in [0.3, 0.4) is 0 Å². The summed E-state index contributed by atoms with van der Waals surface area (Å²) in [6.45, 7) is 4.30. The fourth-order valence-electron chi connectivity index (χ4n) is 2.45. The number of rotatable bonds is 7. The van der Waals surface area contributed by atoms with Gasteiger partial charge in [-0.1, -0.05) is 37.1 Å². The third kappa shape index (κ3) is 5.34. The molecule has 0 bridgehead atoms. The Balaban J connectivity index is 1.60. The highest BCUT2D eigenvalue weighted by molar-refractivity contribution is 7.99. The molecule has 1 N–H and O–H groups in total. The van der Waals surface area contributed by atoms with Crippen LogP contribution in [0.25, 0.3) is 11.5 Å². The number of methoxy groups -OCH3 is 1. The summed E-state index contributed by atoms with van der Waals surface area (Å²) in [5, 5.41) is 11.0. The van der Waals surface area contributed by atoms with E-state index in [-0.39, 0.29) is 18.3 Å². The zero-order chi connectivity index (χ0) is 19.2. The average molecular weight is 383 g/mol. The van der Waals surface area contributed by atoms with Gasteiger partial charge in [-0.05, 0) is 35.9 Å². The highest BCUT2D eigenvalue weighted by atomic mass is 32.2. The molecule has 0 fully saturated rings. The quantitative estimate of drug-likeness (QED) is 0.608. The van der Waals surface area contributed by atoms with Gasteiger partial charge in [0.2, 0.25) is 11.8 Å². The lowest BCUT2D eigenvalue weighted by molar-refractivity contribution is -0.115. The molecule has 27 heavy (non-hydrogen) atoms. The number of nitrogens with zero attached hydrogens (tertiary/aromatic N) is 2. The van der Waals surface area contributed by atoms with Gasteiger partial charge < -0.3 is 9.15 Å². The number of amides is 1. The van der Waals surface area contributed by atoms with E-state index in [1.165, 1.54) is 4.90 Å². The maximum Gasteiger partial charge on any atom is 0.322 e. The molecule has 0 atom stereocenters. The number of hydrogen-bond acceptors (Lipinski definition) is 6. The zero-order valence-electron chi connectivity index (χ0n) is 15.4. The number of nitrogens with one attached hydrogen (secondary N) is 1. The van der Waals surface area contributed by atoms with E-state index >= 15 is 0 Å². The highest BCUT2D eigenvalue weighted by Gasteiger charge is 2.12. The van der Waals surface area contributed by atoms with Crippen molar-refractivity contribution in [2.45, 2.75) is 30.4 Å². The second-order valence-electron chi connectivity index (χ2n) is 6.18. The molecule has 1 heterocycles. The van der Waals surface area contributed by atoms with E-state index in [2.05, 4.69) is 29.4 Å². The van der Waals surface area contributed by atoms with E-state index in [1.54, 1.807) is 24.9 Å². The molecule has 0 aliphatic heterocycles. The Bertz CT molecular complexity index is 907. The van der Waals surface area contributed by atoms with Gasteiger partial charge in [0.1, 0.15) is 5.75 Å². The zero-order valence-corrected chi connectivity index (χ0v) is 16.2. The summed E-state index contributed by atoms with van der Waals surface area (Å²) in [6.07, 6.45) is 0.240. The van der Waals surface area contributed by atoms with Gasteiger partial charge in [-0.15, -0.1) is 16.9 Å². The topological polar surface area (TPSA) is 77.3 Å². The van der Waals surface area contributed by atoms with Gasteiger partial charge in [0, 0.05) is 15.7 Å². The molecule has 0 radical (unpaired) electrons. The molecule has 1 aromatic heterocycles. The predicted octanol–water partition coefficient (Wildman–Crippen LogP) is 4.43. The van der Waals surface area contributed by atoms with Crippen molar-refractivity contribution in [3.63, 3.8) is 0 Å². The number of aromatic nitrogens is 2. The van der Waals surface area contributed by atoms with Crippen LogP contribution in [0.5, 0.6) is 5.75 Å². The summed E-state index contributed by atoms with van der Waals surface area (Å²) in [5.41, 5.74) is 1.65. The highest BCUT2D eigenvalue weighted by Crippen LogP contribution is 2.24. The first kappa shape index (κ1) is 19.0. The van der Waals surface area contributed by atoms with Crippen molar-refractivity contribution in [1.29, 1.82) is 0 Å². The minimum Gasteiger partial charge on any atom is -0.497 e. The summed E-state index contributed by atoms with van der Waals surface area (Å²) in [4.78, 5) is 13.4. The third-order valence-corrected chi connectivity index (χ3v) is 4.66. The standard InChI is InChI=1S/C20H21N3O3S/c1-13(2)27-17-9-7-14(8-10-17)11-18(24)21-20-23-22-19(26-20)15-5-4-6-16(12-15)25-3/h4-10,12-13H,11H2,1-3H3,(H,21,23,24). The number of anilines is 1. The molecule has 0 spiro atoms. The summed E-state index contributed by atoms with van der Waals surface area (Å²) >= 11 is 1.79. The van der Waals surface area contributed by atoms with E-state index in [1.807, 2.05) is 42.5 Å². The number of benzene rings is 2. The van der Waals surface area contributed by atoms with Crippen molar-refractivity contribution in [2.75, 3.05) is 12.4 Å². The van der Waals surface area contributed by atoms with Crippen molar-refractivity contribution in [3.05, 3.63) is 54.1 Å². The molecule has 2 aromatic carbocycles. The Morgan fingerprint density at radius 2 is 1.96 bits per heavy atom. The summed E-state index contributed by atoms with van der Waals surface area (Å²) in [5.74, 6) is 0.801. The Morgan fingerprint density at radius 1 is 1.19 bits per heavy atom. The van der Waals surface area contributed by atoms with E-state index in [0.717, 1.165) is 11.1 Å². The van der Waals surface area contributed by atoms with Gasteiger partial charge >= 0.3 is 6.01 Å². The van der Waals surface area contributed by atoms with Gasteiger partial charge in [0.25, 0.3) is 0 Å². The van der Waals surface area contributed by atoms with Gasteiger partial charge in [-0.2, -0.15) is 0 Å². The molecule has 0 aliphatic rings. The molecule has 0 aliphatic carbocycles. The van der Waals surface area contributed by atoms with Crippen LogP contribution in [0, 0.1) is 0 Å². The van der Waals surface area contributed by atoms with Crippen molar-refractivity contribution in [2.24, 2.45) is 0 Å². The molecule has 0 unspecified atom stereocenters. The Hall–Kier alpha value is -2.80. The second kappa shape index (κ2) is 8.73. The first-order valence-corrected chi connectivity index (χ1v) is 9.45. The SMILES string of the molecule is COc1cccc(-c2nnc(NC(=O)Cc3ccc(SC(C)C)cc3)o2)c1. The fourth-order valence-corrected chi connectivity index (χ4v) is 3.29. The molecular formula is C20H21N3O3S. The minimum absolute atomic E-state index is 0.0739. The van der Waals surface area contributed by atoms with E-state index in [0.29, 0.717) is 16.9 Å². The molecule has 0 saturated heterocycles. The molecule has 0 saturated carbocycles.